The molecule has 2 atom stereocenters. The van der Waals surface area contributed by atoms with Gasteiger partial charge < -0.3 is 10.2 Å². The number of halogens is 1. The van der Waals surface area contributed by atoms with Crippen molar-refractivity contribution in [2.45, 2.75) is 65.5 Å². The van der Waals surface area contributed by atoms with E-state index in [1.807, 2.05) is 19.1 Å². The highest BCUT2D eigenvalue weighted by Gasteiger charge is 2.39. The number of aliphatic imine (C=N–C) groups is 1. The van der Waals surface area contributed by atoms with Crippen molar-refractivity contribution in [1.29, 1.82) is 0 Å². The van der Waals surface area contributed by atoms with Crippen molar-refractivity contribution in [1.82, 2.24) is 10.3 Å². The summed E-state index contributed by atoms with van der Waals surface area (Å²) < 4.78 is 15.7. The van der Waals surface area contributed by atoms with E-state index in [1.165, 1.54) is 18.4 Å². The van der Waals surface area contributed by atoms with Crippen LogP contribution in [-0.2, 0) is 5.67 Å². The molecule has 0 bridgehead atoms. The second-order valence-corrected chi connectivity index (χ2v) is 12.7. The fraction of sp³-hybridized carbons (Fsp3) is 0.571. The fourth-order valence-electron chi connectivity index (χ4n) is 4.76. The Morgan fingerprint density at radius 1 is 1.35 bits per heavy atom. The van der Waals surface area contributed by atoms with Crippen LogP contribution >= 0.6 is 7.92 Å². The Morgan fingerprint density at radius 2 is 2.06 bits per heavy atom. The third-order valence-corrected chi connectivity index (χ3v) is 7.84. The van der Waals surface area contributed by atoms with Gasteiger partial charge in [0, 0.05) is 30.3 Å². The van der Waals surface area contributed by atoms with Crippen LogP contribution in [0.4, 0.5) is 10.2 Å². The van der Waals surface area contributed by atoms with Crippen molar-refractivity contribution in [3.63, 3.8) is 0 Å². The van der Waals surface area contributed by atoms with Gasteiger partial charge in [0.2, 0.25) is 0 Å². The molecule has 2 heterocycles. The molecule has 1 saturated heterocycles. The Bertz CT molecular complexity index is 975. The summed E-state index contributed by atoms with van der Waals surface area (Å²) in [6.45, 7) is 21.4. The molecule has 3 rings (SSSR count). The summed E-state index contributed by atoms with van der Waals surface area (Å²) in [5.41, 5.74) is 3.37. The summed E-state index contributed by atoms with van der Waals surface area (Å²) >= 11 is 0. The lowest BCUT2D eigenvalue weighted by Crippen LogP contribution is -2.36. The van der Waals surface area contributed by atoms with Crippen molar-refractivity contribution < 1.29 is 4.39 Å². The molecule has 34 heavy (non-hydrogen) atoms. The number of hydrogen-bond donors (Lipinski definition) is 1. The van der Waals surface area contributed by atoms with Gasteiger partial charge in [-0.3, -0.25) is 0 Å². The van der Waals surface area contributed by atoms with Crippen LogP contribution in [0.1, 0.15) is 71.1 Å². The molecule has 0 aromatic carbocycles. The van der Waals surface area contributed by atoms with Gasteiger partial charge in [0.1, 0.15) is 17.3 Å². The zero-order chi connectivity index (χ0) is 25.0. The predicted molar refractivity (Wildman–Crippen MR) is 148 cm³/mol. The quantitative estimate of drug-likeness (QED) is 0.351. The molecule has 1 N–H and O–H groups in total. The van der Waals surface area contributed by atoms with Crippen LogP contribution in [0, 0.1) is 11.8 Å². The van der Waals surface area contributed by atoms with Crippen molar-refractivity contribution in [2.75, 3.05) is 31.1 Å². The smallest absolute Gasteiger partial charge is 0.133 e. The average Bonchev–Trinajstić information content (AvgIpc) is 3.63. The fourth-order valence-corrected chi connectivity index (χ4v) is 5.73. The van der Waals surface area contributed by atoms with Crippen LogP contribution in [0.5, 0.6) is 0 Å². The van der Waals surface area contributed by atoms with E-state index in [4.69, 9.17) is 4.98 Å². The van der Waals surface area contributed by atoms with E-state index in [9.17, 15) is 0 Å². The van der Waals surface area contributed by atoms with Crippen LogP contribution < -0.4 is 10.2 Å². The molecule has 1 aliphatic heterocycles. The van der Waals surface area contributed by atoms with Crippen LogP contribution in [0.3, 0.4) is 0 Å². The molecule has 4 nitrogen and oxygen atoms in total. The Hall–Kier alpha value is -2.00. The number of amidine groups is 1. The number of nitrogens with zero attached hydrogens (tertiary/aromatic N) is 3. The number of pyridine rings is 1. The molecule has 1 saturated carbocycles. The summed E-state index contributed by atoms with van der Waals surface area (Å²) in [6.07, 6.45) is 7.34. The van der Waals surface area contributed by atoms with Gasteiger partial charge in [-0.15, -0.1) is 0 Å². The number of aromatic nitrogens is 1. The zero-order valence-electron chi connectivity index (χ0n) is 21.9. The monoisotopic (exact) mass is 484 g/mol. The predicted octanol–water partition coefficient (Wildman–Crippen LogP) is 7.44. The van der Waals surface area contributed by atoms with E-state index in [1.54, 1.807) is 13.1 Å². The van der Waals surface area contributed by atoms with E-state index in [-0.39, 0.29) is 7.92 Å². The average molecular weight is 485 g/mol. The first-order valence-corrected chi connectivity index (χ1v) is 15.0. The van der Waals surface area contributed by atoms with Crippen molar-refractivity contribution >= 4 is 25.1 Å². The third-order valence-electron chi connectivity index (χ3n) is 6.94. The van der Waals surface area contributed by atoms with Gasteiger partial charge in [-0.2, -0.15) is 0 Å². The molecular weight excluding hydrogens is 442 g/mol. The second-order valence-electron chi connectivity index (χ2n) is 10.2. The highest BCUT2D eigenvalue weighted by molar-refractivity contribution is 7.56. The molecule has 6 heteroatoms. The standard InChI is InChI=1S/C28H42FN4P/c1-9-14-33(18-34(7)8)25-17-22(28(6,29)10-2)16-24(32-25)20(5)26-23(21-12-13-21)15-19(4)31-27(26)30-11-3/h11,16-17,21,23H,3-4,9-10,12-15,18H2,1-2,5-8H3,(H,30,31)/b26-20+. The van der Waals surface area contributed by atoms with Crippen LogP contribution in [0.15, 0.2) is 47.8 Å². The summed E-state index contributed by atoms with van der Waals surface area (Å²) in [5.74, 6) is 2.68. The molecule has 2 fully saturated rings. The molecular formula is C28H42FN4P. The SMILES string of the molecule is C=CN=C1NC(=C)CC(C2CC2)/C1=C(/C)c1cc(C(C)(F)CC)cc(N(CCC)CP(C)C)n1. The highest BCUT2D eigenvalue weighted by atomic mass is 31.1. The molecule has 0 spiro atoms. The molecule has 1 aromatic rings. The zero-order valence-corrected chi connectivity index (χ0v) is 22.8. The highest BCUT2D eigenvalue weighted by Crippen LogP contribution is 2.47. The Balaban J connectivity index is 2.21. The Morgan fingerprint density at radius 3 is 2.62 bits per heavy atom. The summed E-state index contributed by atoms with van der Waals surface area (Å²) in [4.78, 5) is 12.0. The van der Waals surface area contributed by atoms with Crippen LogP contribution in [0.25, 0.3) is 5.57 Å². The normalized spacial score (nSPS) is 23.0. The van der Waals surface area contributed by atoms with E-state index >= 15 is 4.39 Å². The summed E-state index contributed by atoms with van der Waals surface area (Å²) in [6, 6.07) is 3.93. The first kappa shape index (κ1) is 26.6. The van der Waals surface area contributed by atoms with Crippen molar-refractivity contribution in [3.8, 4) is 0 Å². The van der Waals surface area contributed by atoms with Crippen molar-refractivity contribution in [2.24, 2.45) is 16.8 Å². The van der Waals surface area contributed by atoms with Crippen LogP contribution in [0.2, 0.25) is 0 Å². The van der Waals surface area contributed by atoms with E-state index < -0.39 is 5.67 Å². The summed E-state index contributed by atoms with van der Waals surface area (Å²) in [5, 5.41) is 3.39. The lowest BCUT2D eigenvalue weighted by atomic mass is 9.82. The Kier molecular flexibility index (Phi) is 8.73. The molecule has 1 aromatic heterocycles. The molecule has 2 aliphatic rings. The van der Waals surface area contributed by atoms with Gasteiger partial charge in [0.15, 0.2) is 0 Å². The first-order valence-electron chi connectivity index (χ1n) is 12.6. The third kappa shape index (κ3) is 6.16. The minimum absolute atomic E-state index is 0.148. The lowest BCUT2D eigenvalue weighted by Gasteiger charge is -2.32. The maximum absolute atomic E-state index is 15.7. The molecule has 2 unspecified atom stereocenters. The lowest BCUT2D eigenvalue weighted by molar-refractivity contribution is 0.185. The van der Waals surface area contributed by atoms with Crippen LogP contribution in [-0.4, -0.2) is 37.0 Å². The number of nitrogens with one attached hydrogen (secondary N) is 1. The topological polar surface area (TPSA) is 40.5 Å². The minimum atomic E-state index is -1.41. The number of anilines is 1. The van der Waals surface area contributed by atoms with Gasteiger partial charge in [-0.05, 0) is 94.4 Å². The van der Waals surface area contributed by atoms with E-state index in [0.29, 0.717) is 23.8 Å². The Labute approximate surface area is 207 Å². The number of rotatable bonds is 10. The van der Waals surface area contributed by atoms with Gasteiger partial charge in [-0.25, -0.2) is 14.4 Å². The molecule has 0 amide bonds. The molecule has 1 aliphatic carbocycles. The maximum Gasteiger partial charge on any atom is 0.133 e. The summed E-state index contributed by atoms with van der Waals surface area (Å²) in [7, 11) is -0.148. The first-order chi connectivity index (χ1) is 16.1. The number of hydrogen-bond acceptors (Lipinski definition) is 3. The second kappa shape index (κ2) is 11.2. The molecule has 186 valence electrons. The number of piperidine rings is 1. The van der Waals surface area contributed by atoms with E-state index in [2.05, 4.69) is 55.5 Å². The largest absolute Gasteiger partial charge is 0.353 e. The van der Waals surface area contributed by atoms with Gasteiger partial charge in [0.05, 0.1) is 5.69 Å². The van der Waals surface area contributed by atoms with Crippen molar-refractivity contribution in [3.05, 3.63) is 54.0 Å². The maximum atomic E-state index is 15.7. The molecule has 0 radical (unpaired) electrons. The minimum Gasteiger partial charge on any atom is -0.353 e. The van der Waals surface area contributed by atoms with Gasteiger partial charge in [-0.1, -0.05) is 34.9 Å². The number of allylic oxidation sites excluding steroid dienone is 2. The van der Waals surface area contributed by atoms with E-state index in [0.717, 1.165) is 54.3 Å². The van der Waals surface area contributed by atoms with Gasteiger partial charge >= 0.3 is 0 Å². The number of alkyl halides is 1. The van der Waals surface area contributed by atoms with Gasteiger partial charge in [0.25, 0.3) is 0 Å².